The third-order valence-electron chi connectivity index (χ3n) is 3.44. The average Bonchev–Trinajstić information content (AvgIpc) is 2.34. The number of nitrogens with one attached hydrogen (secondary N) is 1. The van der Waals surface area contributed by atoms with Crippen molar-refractivity contribution in [2.45, 2.75) is 26.7 Å². The molecule has 21 heavy (non-hydrogen) atoms. The minimum atomic E-state index is -3.01. The van der Waals surface area contributed by atoms with Gasteiger partial charge in [-0.25, -0.2) is 13.2 Å². The van der Waals surface area contributed by atoms with Crippen LogP contribution in [0.2, 0.25) is 0 Å². The molecule has 0 aromatic heterocycles. The van der Waals surface area contributed by atoms with E-state index in [1.807, 2.05) is 13.8 Å². The third-order valence-corrected chi connectivity index (χ3v) is 5.05. The molecular weight excluding hydrogens is 296 g/mol. The van der Waals surface area contributed by atoms with Gasteiger partial charge in [-0.1, -0.05) is 13.8 Å². The number of hydrogen-bond acceptors (Lipinski definition) is 4. The van der Waals surface area contributed by atoms with E-state index in [0.29, 0.717) is 12.5 Å². The van der Waals surface area contributed by atoms with Gasteiger partial charge in [-0.3, -0.25) is 4.79 Å². The maximum atomic E-state index is 12.0. The van der Waals surface area contributed by atoms with Crippen LogP contribution in [-0.4, -0.2) is 61.6 Å². The van der Waals surface area contributed by atoms with Gasteiger partial charge in [-0.05, 0) is 18.3 Å². The highest BCUT2D eigenvalue weighted by molar-refractivity contribution is 7.91. The molecule has 2 N–H and O–H groups in total. The molecule has 122 valence electrons. The minimum absolute atomic E-state index is 0.00896. The van der Waals surface area contributed by atoms with E-state index < -0.39 is 15.8 Å². The molecule has 2 amide bonds. The number of carboxylic acids is 1. The van der Waals surface area contributed by atoms with Gasteiger partial charge < -0.3 is 15.3 Å². The van der Waals surface area contributed by atoms with Gasteiger partial charge >= 0.3 is 12.0 Å². The van der Waals surface area contributed by atoms with Gasteiger partial charge in [0.2, 0.25) is 0 Å². The Labute approximate surface area is 125 Å². The predicted molar refractivity (Wildman–Crippen MR) is 78.8 cm³/mol. The van der Waals surface area contributed by atoms with E-state index in [-0.39, 0.29) is 43.0 Å². The molecule has 0 unspecified atom stereocenters. The molecule has 1 aliphatic rings. The van der Waals surface area contributed by atoms with Gasteiger partial charge in [0.25, 0.3) is 0 Å². The molecule has 1 aliphatic heterocycles. The summed E-state index contributed by atoms with van der Waals surface area (Å²) < 4.78 is 22.6. The topological polar surface area (TPSA) is 104 Å². The molecule has 8 heteroatoms. The minimum Gasteiger partial charge on any atom is -0.481 e. The number of hydrogen-bond donors (Lipinski definition) is 2. The quantitative estimate of drug-likeness (QED) is 0.744. The smallest absolute Gasteiger partial charge is 0.317 e. The van der Waals surface area contributed by atoms with Crippen LogP contribution in [0.25, 0.3) is 0 Å². The van der Waals surface area contributed by atoms with Crippen molar-refractivity contribution in [3.05, 3.63) is 0 Å². The van der Waals surface area contributed by atoms with Gasteiger partial charge in [-0.15, -0.1) is 0 Å². The number of amides is 2. The van der Waals surface area contributed by atoms with Gasteiger partial charge in [0.05, 0.1) is 11.5 Å². The van der Waals surface area contributed by atoms with E-state index in [9.17, 15) is 18.0 Å². The summed E-state index contributed by atoms with van der Waals surface area (Å²) in [5.74, 6) is -0.652. The van der Waals surface area contributed by atoms with Crippen LogP contribution in [0.5, 0.6) is 0 Å². The van der Waals surface area contributed by atoms with Crippen molar-refractivity contribution in [3.8, 4) is 0 Å². The molecule has 0 aliphatic carbocycles. The zero-order chi connectivity index (χ0) is 16.0. The third kappa shape index (κ3) is 6.79. The fourth-order valence-electron chi connectivity index (χ4n) is 2.41. The van der Waals surface area contributed by atoms with Crippen molar-refractivity contribution in [3.63, 3.8) is 0 Å². The number of carbonyl (C=O) groups excluding carboxylic acids is 1. The number of carboxylic acid groups (broad SMARTS) is 1. The summed E-state index contributed by atoms with van der Waals surface area (Å²) in [5.41, 5.74) is 0. The largest absolute Gasteiger partial charge is 0.481 e. The lowest BCUT2D eigenvalue weighted by Crippen LogP contribution is -2.49. The van der Waals surface area contributed by atoms with Crippen LogP contribution in [0.3, 0.4) is 0 Å². The Morgan fingerprint density at radius 1 is 1.24 bits per heavy atom. The molecule has 0 spiro atoms. The normalized spacial score (nSPS) is 19.3. The van der Waals surface area contributed by atoms with Crippen molar-refractivity contribution in [1.29, 1.82) is 0 Å². The van der Waals surface area contributed by atoms with Crippen molar-refractivity contribution >= 4 is 21.8 Å². The highest BCUT2D eigenvalue weighted by atomic mass is 32.2. The number of nitrogens with zero attached hydrogens (tertiary/aromatic N) is 1. The van der Waals surface area contributed by atoms with Crippen LogP contribution >= 0.6 is 0 Å². The molecule has 0 bridgehead atoms. The number of rotatable bonds is 6. The molecule has 1 atom stereocenters. The first kappa shape index (κ1) is 17.7. The summed E-state index contributed by atoms with van der Waals surface area (Å²) in [7, 11) is -3.01. The average molecular weight is 320 g/mol. The second kappa shape index (κ2) is 7.63. The first-order valence-electron chi connectivity index (χ1n) is 7.14. The van der Waals surface area contributed by atoms with E-state index >= 15 is 0 Å². The summed E-state index contributed by atoms with van der Waals surface area (Å²) in [5, 5.41) is 11.6. The Kier molecular flexibility index (Phi) is 6.44. The second-order valence-corrected chi connectivity index (χ2v) is 8.22. The van der Waals surface area contributed by atoms with Crippen LogP contribution < -0.4 is 5.32 Å². The van der Waals surface area contributed by atoms with Gasteiger partial charge in [-0.2, -0.15) is 0 Å². The number of urea groups is 1. The molecule has 0 saturated carbocycles. The summed E-state index contributed by atoms with van der Waals surface area (Å²) in [6.45, 7) is 4.70. The lowest BCUT2D eigenvalue weighted by atomic mass is 9.94. The summed E-state index contributed by atoms with van der Waals surface area (Å²) in [4.78, 5) is 24.2. The Morgan fingerprint density at radius 3 is 2.29 bits per heavy atom. The highest BCUT2D eigenvalue weighted by Crippen LogP contribution is 2.15. The second-order valence-electron chi connectivity index (χ2n) is 5.92. The molecule has 1 saturated heterocycles. The summed E-state index contributed by atoms with van der Waals surface area (Å²) >= 11 is 0. The van der Waals surface area contributed by atoms with Crippen LogP contribution in [-0.2, 0) is 14.6 Å². The van der Waals surface area contributed by atoms with Gasteiger partial charge in [0.15, 0.2) is 9.84 Å². The lowest BCUT2D eigenvalue weighted by molar-refractivity contribution is -0.138. The molecule has 0 aromatic carbocycles. The van der Waals surface area contributed by atoms with Crippen LogP contribution in [0.1, 0.15) is 26.7 Å². The Hall–Kier alpha value is -1.31. The Balaban J connectivity index is 2.44. The molecule has 1 rings (SSSR count). The summed E-state index contributed by atoms with van der Waals surface area (Å²) in [6, 6.07) is -0.316. The number of carbonyl (C=O) groups is 2. The highest BCUT2D eigenvalue weighted by Gasteiger charge is 2.25. The molecule has 1 heterocycles. The Bertz CT molecular complexity index is 461. The zero-order valence-corrected chi connectivity index (χ0v) is 13.4. The Morgan fingerprint density at radius 2 is 1.81 bits per heavy atom. The lowest BCUT2D eigenvalue weighted by Gasteiger charge is -2.28. The predicted octanol–water partition coefficient (Wildman–Crippen LogP) is 0.563. The maximum absolute atomic E-state index is 12.0. The zero-order valence-electron chi connectivity index (χ0n) is 12.5. The standard InChI is InChI=1S/C13H24N2O5S/c1-10(2)7-11(8-12(16)17)9-14-13(18)15-3-5-21(19,20)6-4-15/h10-11H,3-9H2,1-2H3,(H,14,18)(H,16,17)/t11-/m0/s1. The van der Waals surface area contributed by atoms with E-state index in [1.54, 1.807) is 0 Å². The monoisotopic (exact) mass is 320 g/mol. The van der Waals surface area contributed by atoms with Crippen LogP contribution in [0.4, 0.5) is 4.79 Å². The first-order chi connectivity index (χ1) is 9.69. The van der Waals surface area contributed by atoms with Crippen LogP contribution in [0, 0.1) is 11.8 Å². The molecule has 0 aromatic rings. The van der Waals surface area contributed by atoms with Crippen molar-refractivity contribution in [2.24, 2.45) is 11.8 Å². The molecular formula is C13H24N2O5S. The fourth-order valence-corrected chi connectivity index (χ4v) is 3.61. The fraction of sp³-hybridized carbons (Fsp3) is 0.846. The molecule has 1 fully saturated rings. The molecule has 0 radical (unpaired) electrons. The van der Waals surface area contributed by atoms with E-state index in [4.69, 9.17) is 5.11 Å². The SMILES string of the molecule is CC(C)C[C@H](CNC(=O)N1CCS(=O)(=O)CC1)CC(=O)O. The van der Waals surface area contributed by atoms with Crippen LogP contribution in [0.15, 0.2) is 0 Å². The first-order valence-corrected chi connectivity index (χ1v) is 8.96. The van der Waals surface area contributed by atoms with Gasteiger partial charge in [0, 0.05) is 26.1 Å². The van der Waals surface area contributed by atoms with E-state index in [0.717, 1.165) is 6.42 Å². The van der Waals surface area contributed by atoms with Gasteiger partial charge in [0.1, 0.15) is 0 Å². The van der Waals surface area contributed by atoms with Crippen molar-refractivity contribution < 1.29 is 23.1 Å². The maximum Gasteiger partial charge on any atom is 0.317 e. The van der Waals surface area contributed by atoms with Crippen molar-refractivity contribution in [2.75, 3.05) is 31.1 Å². The summed E-state index contributed by atoms with van der Waals surface area (Å²) in [6.07, 6.45) is 0.744. The number of aliphatic carboxylic acids is 1. The van der Waals surface area contributed by atoms with Crippen molar-refractivity contribution in [1.82, 2.24) is 10.2 Å². The van der Waals surface area contributed by atoms with E-state index in [1.165, 1.54) is 4.90 Å². The molecule has 7 nitrogen and oxygen atoms in total. The number of sulfone groups is 1. The van der Waals surface area contributed by atoms with E-state index in [2.05, 4.69) is 5.32 Å².